The number of rotatable bonds is 1. The normalized spacial score (nSPS) is 53.9. The lowest BCUT2D eigenvalue weighted by molar-refractivity contribution is -0.288. The molecular weight excluding hydrogens is 424 g/mol. The molecule has 0 amide bonds. The Morgan fingerprint density at radius 2 is 1.82 bits per heavy atom. The molecule has 7 nitrogen and oxygen atoms in total. The molecule has 5 aliphatic rings. The van der Waals surface area contributed by atoms with Crippen molar-refractivity contribution < 1.29 is 33.7 Å². The first-order chi connectivity index (χ1) is 15.3. The number of esters is 1. The number of carbonyl (C=O) groups excluding carboxylic acids is 2. The molecule has 0 radical (unpaired) electrons. The van der Waals surface area contributed by atoms with Gasteiger partial charge < -0.3 is 24.1 Å². The molecule has 33 heavy (non-hydrogen) atoms. The van der Waals surface area contributed by atoms with Crippen molar-refractivity contribution in [2.24, 2.45) is 27.6 Å². The Bertz CT molecular complexity index is 1090. The van der Waals surface area contributed by atoms with Crippen LogP contribution in [0.1, 0.15) is 65.5 Å². The molecule has 2 saturated carbocycles. The van der Waals surface area contributed by atoms with Crippen LogP contribution < -0.4 is 0 Å². The van der Waals surface area contributed by atoms with Gasteiger partial charge in [0.05, 0.1) is 24.2 Å². The highest BCUT2D eigenvalue weighted by Gasteiger charge is 2.89. The van der Waals surface area contributed by atoms with Crippen LogP contribution in [0.25, 0.3) is 0 Å². The molecule has 6 rings (SSSR count). The topological polar surface area (TPSA) is 110 Å². The average molecular weight is 457 g/mol. The highest BCUT2D eigenvalue weighted by atomic mass is 16.7. The van der Waals surface area contributed by atoms with Crippen molar-refractivity contribution in [3.63, 3.8) is 0 Å². The lowest BCUT2D eigenvalue weighted by Crippen LogP contribution is -2.76. The van der Waals surface area contributed by atoms with Gasteiger partial charge in [-0.1, -0.05) is 33.8 Å². The molecular formula is C26H32O7. The minimum atomic E-state index is -1.30. The second kappa shape index (κ2) is 5.81. The van der Waals surface area contributed by atoms with Gasteiger partial charge >= 0.3 is 5.97 Å². The number of ether oxygens (including phenoxy) is 2. The van der Waals surface area contributed by atoms with E-state index in [-0.39, 0.29) is 12.2 Å². The highest BCUT2D eigenvalue weighted by molar-refractivity contribution is 5.98. The molecule has 3 heterocycles. The zero-order valence-corrected chi connectivity index (χ0v) is 19.8. The predicted octanol–water partition coefficient (Wildman–Crippen LogP) is 3.10. The van der Waals surface area contributed by atoms with E-state index < -0.39 is 63.1 Å². The Kier molecular flexibility index (Phi) is 3.80. The summed E-state index contributed by atoms with van der Waals surface area (Å²) < 4.78 is 17.5. The Hall–Kier alpha value is -1.96. The van der Waals surface area contributed by atoms with Crippen molar-refractivity contribution in [1.29, 1.82) is 0 Å². The molecule has 3 aliphatic carbocycles. The molecule has 178 valence electrons. The van der Waals surface area contributed by atoms with Crippen LogP contribution in [0.2, 0.25) is 0 Å². The number of aliphatic hydroxyl groups is 2. The van der Waals surface area contributed by atoms with E-state index in [1.165, 1.54) is 0 Å². The maximum atomic E-state index is 13.0. The van der Waals surface area contributed by atoms with Gasteiger partial charge in [0, 0.05) is 27.2 Å². The third kappa shape index (κ3) is 1.99. The smallest absolute Gasteiger partial charge is 0.339 e. The molecule has 9 atom stereocenters. The number of allylic oxidation sites excluding steroid dienone is 1. The lowest BCUT2D eigenvalue weighted by Gasteiger charge is -2.69. The molecule has 7 heteroatoms. The summed E-state index contributed by atoms with van der Waals surface area (Å²) in [6, 6.07) is 1.80. The number of fused-ring (bicyclic) bond motifs is 1. The first-order valence-electron chi connectivity index (χ1n) is 11.9. The number of furan rings is 1. The van der Waals surface area contributed by atoms with Crippen LogP contribution in [0.4, 0.5) is 0 Å². The molecule has 1 aromatic heterocycles. The third-order valence-electron chi connectivity index (χ3n) is 10.9. The number of cyclic esters (lactones) is 1. The van der Waals surface area contributed by atoms with Crippen LogP contribution in [-0.4, -0.2) is 45.4 Å². The van der Waals surface area contributed by atoms with Gasteiger partial charge in [0.15, 0.2) is 11.9 Å². The van der Waals surface area contributed by atoms with Crippen LogP contribution >= 0.6 is 0 Å². The molecule has 2 spiro atoms. The Labute approximate surface area is 193 Å². The summed E-state index contributed by atoms with van der Waals surface area (Å²) in [5.74, 6) is -0.874. The number of hydrogen-bond acceptors (Lipinski definition) is 7. The minimum absolute atomic E-state index is 0.0424. The first kappa shape index (κ1) is 21.6. The summed E-state index contributed by atoms with van der Waals surface area (Å²) in [6.45, 7) is 9.53. The second-order valence-corrected chi connectivity index (χ2v) is 12.1. The van der Waals surface area contributed by atoms with E-state index in [9.17, 15) is 19.8 Å². The van der Waals surface area contributed by atoms with E-state index in [4.69, 9.17) is 13.9 Å². The summed E-state index contributed by atoms with van der Waals surface area (Å²) >= 11 is 0. The number of epoxide rings is 1. The summed E-state index contributed by atoms with van der Waals surface area (Å²) in [4.78, 5) is 25.8. The monoisotopic (exact) mass is 456 g/mol. The average Bonchev–Trinajstić information content (AvgIpc) is 3.22. The molecule has 0 unspecified atom stereocenters. The van der Waals surface area contributed by atoms with Crippen molar-refractivity contribution >= 4 is 11.8 Å². The Balaban J connectivity index is 1.52. The van der Waals surface area contributed by atoms with Crippen molar-refractivity contribution in [3.8, 4) is 0 Å². The Morgan fingerprint density at radius 1 is 1.09 bits per heavy atom. The fourth-order valence-electron chi connectivity index (χ4n) is 8.87. The van der Waals surface area contributed by atoms with Crippen molar-refractivity contribution in [2.75, 3.05) is 0 Å². The lowest BCUT2D eigenvalue weighted by atomic mass is 9.36. The molecule has 2 saturated heterocycles. The third-order valence-corrected chi connectivity index (χ3v) is 10.9. The highest BCUT2D eigenvalue weighted by Crippen LogP contribution is 2.79. The summed E-state index contributed by atoms with van der Waals surface area (Å²) in [5.41, 5.74) is -4.82. The Morgan fingerprint density at radius 3 is 2.42 bits per heavy atom. The molecule has 0 bridgehead atoms. The van der Waals surface area contributed by atoms with Crippen LogP contribution in [0.15, 0.2) is 35.2 Å². The summed E-state index contributed by atoms with van der Waals surface area (Å²) in [6.07, 6.45) is 5.71. The first-order valence-corrected chi connectivity index (χ1v) is 11.9. The zero-order valence-electron chi connectivity index (χ0n) is 19.8. The second-order valence-electron chi connectivity index (χ2n) is 12.1. The quantitative estimate of drug-likeness (QED) is 0.494. The maximum absolute atomic E-state index is 13.0. The number of carbonyl (C=O) groups is 2. The summed E-state index contributed by atoms with van der Waals surface area (Å²) in [5, 5.41) is 24.2. The van der Waals surface area contributed by atoms with E-state index in [2.05, 4.69) is 6.92 Å². The number of aliphatic hydroxyl groups excluding tert-OH is 1. The van der Waals surface area contributed by atoms with Crippen molar-refractivity contribution in [2.45, 2.75) is 83.4 Å². The molecule has 1 aromatic rings. The molecule has 0 aromatic carbocycles. The van der Waals surface area contributed by atoms with Crippen LogP contribution in [0, 0.1) is 27.6 Å². The van der Waals surface area contributed by atoms with Gasteiger partial charge in [-0.25, -0.2) is 4.79 Å². The van der Waals surface area contributed by atoms with Crippen LogP contribution in [0.3, 0.4) is 0 Å². The van der Waals surface area contributed by atoms with Gasteiger partial charge in [-0.3, -0.25) is 4.79 Å². The van der Waals surface area contributed by atoms with Gasteiger partial charge in [-0.15, -0.1) is 0 Å². The van der Waals surface area contributed by atoms with E-state index in [1.54, 1.807) is 31.6 Å². The van der Waals surface area contributed by atoms with E-state index in [0.717, 1.165) is 5.56 Å². The van der Waals surface area contributed by atoms with Crippen LogP contribution in [-0.2, 0) is 19.1 Å². The van der Waals surface area contributed by atoms with Gasteiger partial charge in [0.1, 0.15) is 11.7 Å². The number of ketones is 1. The van der Waals surface area contributed by atoms with Gasteiger partial charge in [0.25, 0.3) is 0 Å². The van der Waals surface area contributed by atoms with Crippen molar-refractivity contribution in [1.82, 2.24) is 0 Å². The van der Waals surface area contributed by atoms with E-state index in [1.807, 2.05) is 26.8 Å². The maximum Gasteiger partial charge on any atom is 0.339 e. The van der Waals surface area contributed by atoms with Gasteiger partial charge in [-0.2, -0.15) is 0 Å². The SMILES string of the molecule is CC1(C)C(=O)C=C[C@@]12C[C@@H](O)[C@]1(C)[C@@H](CC[C@@]3(C)[C@@H](c4ccoc4)OC(=O)[C@@H]4O[C@@]413)[C@@]2(C)O. The van der Waals surface area contributed by atoms with E-state index >= 15 is 0 Å². The standard InChI is InChI=1S/C26H32O7/c1-21(2)16(27)7-10-25(21)12-17(28)23(4)15(24(25,5)30)6-9-22(3)18(14-8-11-31-13-14)32-20(29)19-26(22,23)33-19/h7-8,10-11,13,15,17-19,28,30H,6,9,12H2,1-5H3/t15-,17-,18-,19+,22+,23+,24-,25-,26-/m1/s1. The minimum Gasteiger partial charge on any atom is -0.472 e. The van der Waals surface area contributed by atoms with Gasteiger partial charge in [0.2, 0.25) is 0 Å². The molecule has 2 aliphatic heterocycles. The zero-order chi connectivity index (χ0) is 23.8. The number of hydrogen-bond donors (Lipinski definition) is 2. The predicted molar refractivity (Wildman–Crippen MR) is 116 cm³/mol. The molecule has 2 N–H and O–H groups in total. The van der Waals surface area contributed by atoms with E-state index in [0.29, 0.717) is 12.8 Å². The van der Waals surface area contributed by atoms with Crippen LogP contribution in [0.5, 0.6) is 0 Å². The largest absolute Gasteiger partial charge is 0.472 e. The fourth-order valence-corrected chi connectivity index (χ4v) is 8.87. The van der Waals surface area contributed by atoms with Gasteiger partial charge in [-0.05, 0) is 44.2 Å². The fraction of sp³-hybridized carbons (Fsp3) is 0.692. The molecule has 4 fully saturated rings. The van der Waals surface area contributed by atoms with Crippen molar-refractivity contribution in [3.05, 3.63) is 36.3 Å². The summed E-state index contributed by atoms with van der Waals surface area (Å²) in [7, 11) is 0.